The first-order valence-corrected chi connectivity index (χ1v) is 6.01. The summed E-state index contributed by atoms with van der Waals surface area (Å²) in [6, 6.07) is 17.3. The molecule has 0 unspecified atom stereocenters. The number of fused-ring (bicyclic) bond motifs is 3. The van der Waals surface area contributed by atoms with Crippen LogP contribution in [0.5, 0.6) is 0 Å². The van der Waals surface area contributed by atoms with Crippen molar-refractivity contribution in [2.75, 3.05) is 0 Å². The Morgan fingerprint density at radius 2 is 1.29 bits per heavy atom. The van der Waals surface area contributed by atoms with Gasteiger partial charge in [0.1, 0.15) is 0 Å². The number of rotatable bonds is 1. The summed E-state index contributed by atoms with van der Waals surface area (Å²) in [5.41, 5.74) is 6.65. The van der Waals surface area contributed by atoms with Crippen LogP contribution in [-0.4, -0.2) is 0 Å². The highest BCUT2D eigenvalue weighted by Crippen LogP contribution is 2.51. The quantitative estimate of drug-likeness (QED) is 0.618. The predicted molar refractivity (Wildman–Crippen MR) is 73.1 cm³/mol. The second-order valence-corrected chi connectivity index (χ2v) is 5.00. The predicted octanol–water partition coefficient (Wildman–Crippen LogP) is 4.55. The normalized spacial score (nSPS) is 15.2. The Bertz CT molecular complexity index is 559. The van der Waals surface area contributed by atoms with E-state index in [1.165, 1.54) is 27.8 Å². The lowest BCUT2D eigenvalue weighted by molar-refractivity contribution is 0.697. The highest BCUT2D eigenvalue weighted by molar-refractivity contribution is 5.82. The van der Waals surface area contributed by atoms with Gasteiger partial charge in [-0.15, -0.1) is 0 Å². The first-order valence-electron chi connectivity index (χ1n) is 6.01. The van der Waals surface area contributed by atoms with Gasteiger partial charge in [-0.3, -0.25) is 0 Å². The Hall–Kier alpha value is -1.82. The van der Waals surface area contributed by atoms with E-state index in [-0.39, 0.29) is 5.41 Å². The molecule has 0 spiro atoms. The van der Waals surface area contributed by atoms with E-state index in [1.807, 2.05) is 0 Å². The molecule has 17 heavy (non-hydrogen) atoms. The Balaban J connectivity index is 2.43. The molecule has 0 nitrogen and oxygen atoms in total. The second kappa shape index (κ2) is 3.33. The van der Waals surface area contributed by atoms with E-state index in [0.29, 0.717) is 0 Å². The van der Waals surface area contributed by atoms with Gasteiger partial charge in [-0.2, -0.15) is 0 Å². The fourth-order valence-corrected chi connectivity index (χ4v) is 2.91. The minimum absolute atomic E-state index is 0.0345. The molecule has 0 saturated heterocycles. The van der Waals surface area contributed by atoms with Crippen LogP contribution in [-0.2, 0) is 5.41 Å². The first kappa shape index (κ1) is 10.3. The van der Waals surface area contributed by atoms with Crippen molar-refractivity contribution in [3.8, 4) is 11.1 Å². The zero-order valence-electron chi connectivity index (χ0n) is 10.3. The van der Waals surface area contributed by atoms with E-state index in [9.17, 15) is 0 Å². The maximum absolute atomic E-state index is 4.21. The summed E-state index contributed by atoms with van der Waals surface area (Å²) in [6.07, 6.45) is 0. The fraction of sp³-hybridized carbons (Fsp3) is 0.176. The van der Waals surface area contributed by atoms with Crippen molar-refractivity contribution in [3.63, 3.8) is 0 Å². The van der Waals surface area contributed by atoms with Crippen LogP contribution in [0.3, 0.4) is 0 Å². The monoisotopic (exact) mass is 220 g/mol. The van der Waals surface area contributed by atoms with Gasteiger partial charge >= 0.3 is 0 Å². The van der Waals surface area contributed by atoms with Crippen molar-refractivity contribution in [1.82, 2.24) is 0 Å². The lowest BCUT2D eigenvalue weighted by Crippen LogP contribution is -2.21. The van der Waals surface area contributed by atoms with E-state index >= 15 is 0 Å². The third kappa shape index (κ3) is 1.18. The summed E-state index contributed by atoms with van der Waals surface area (Å²) in [7, 11) is 0. The lowest BCUT2D eigenvalue weighted by atomic mass is 9.75. The third-order valence-corrected chi connectivity index (χ3v) is 4.08. The zero-order chi connectivity index (χ0) is 12.0. The van der Waals surface area contributed by atoms with Crippen molar-refractivity contribution >= 4 is 0 Å². The summed E-state index contributed by atoms with van der Waals surface area (Å²) >= 11 is 0. The van der Waals surface area contributed by atoms with Crippen LogP contribution >= 0.6 is 0 Å². The van der Waals surface area contributed by atoms with Gasteiger partial charge in [0, 0.05) is 5.41 Å². The highest BCUT2D eigenvalue weighted by atomic mass is 14.4. The molecule has 1 aliphatic rings. The number of hydrogen-bond acceptors (Lipinski definition) is 0. The SMILES string of the molecule is C=C(C)C1(C)c2ccccc2-c2ccccc21. The van der Waals surface area contributed by atoms with Crippen LogP contribution in [0.15, 0.2) is 60.7 Å². The third-order valence-electron chi connectivity index (χ3n) is 4.08. The molecule has 0 fully saturated rings. The summed E-state index contributed by atoms with van der Waals surface area (Å²) in [6.45, 7) is 8.61. The van der Waals surface area contributed by atoms with Crippen molar-refractivity contribution in [2.45, 2.75) is 19.3 Å². The van der Waals surface area contributed by atoms with Crippen molar-refractivity contribution in [3.05, 3.63) is 71.8 Å². The first-order chi connectivity index (χ1) is 8.15. The van der Waals surface area contributed by atoms with Gasteiger partial charge in [-0.1, -0.05) is 60.7 Å². The highest BCUT2D eigenvalue weighted by Gasteiger charge is 2.39. The van der Waals surface area contributed by atoms with E-state index in [2.05, 4.69) is 69.0 Å². The van der Waals surface area contributed by atoms with Crippen LogP contribution in [0.25, 0.3) is 11.1 Å². The molecule has 1 aliphatic carbocycles. The number of hydrogen-bond donors (Lipinski definition) is 0. The number of allylic oxidation sites excluding steroid dienone is 1. The van der Waals surface area contributed by atoms with Crippen molar-refractivity contribution in [2.24, 2.45) is 0 Å². The van der Waals surface area contributed by atoms with Gasteiger partial charge in [0.25, 0.3) is 0 Å². The maximum Gasteiger partial charge on any atom is 0.0389 e. The minimum Gasteiger partial charge on any atom is -0.0989 e. The van der Waals surface area contributed by atoms with E-state index in [1.54, 1.807) is 0 Å². The minimum atomic E-state index is -0.0345. The van der Waals surface area contributed by atoms with Crippen molar-refractivity contribution in [1.29, 1.82) is 0 Å². The molecule has 84 valence electrons. The van der Waals surface area contributed by atoms with E-state index in [4.69, 9.17) is 0 Å². The molecule has 0 aliphatic heterocycles. The standard InChI is InChI=1S/C17H16/c1-12(2)17(3)15-10-6-4-8-13(15)14-9-5-7-11-16(14)17/h4-11H,1H2,2-3H3. The molecular weight excluding hydrogens is 204 g/mol. The molecule has 0 atom stereocenters. The molecule has 0 amide bonds. The summed E-state index contributed by atoms with van der Waals surface area (Å²) in [5, 5.41) is 0. The maximum atomic E-state index is 4.21. The molecule has 0 heterocycles. The topological polar surface area (TPSA) is 0 Å². The average molecular weight is 220 g/mol. The van der Waals surface area contributed by atoms with Crippen LogP contribution < -0.4 is 0 Å². The van der Waals surface area contributed by atoms with Crippen molar-refractivity contribution < 1.29 is 0 Å². The average Bonchev–Trinajstić information content (AvgIpc) is 2.63. The molecule has 2 aromatic carbocycles. The molecule has 0 saturated carbocycles. The fourth-order valence-electron chi connectivity index (χ4n) is 2.91. The van der Waals surface area contributed by atoms with Gasteiger partial charge in [0.15, 0.2) is 0 Å². The summed E-state index contributed by atoms with van der Waals surface area (Å²) in [5.74, 6) is 0. The van der Waals surface area contributed by atoms with Crippen LogP contribution in [0.2, 0.25) is 0 Å². The largest absolute Gasteiger partial charge is 0.0989 e. The van der Waals surface area contributed by atoms with Crippen LogP contribution in [0, 0.1) is 0 Å². The number of benzene rings is 2. The smallest absolute Gasteiger partial charge is 0.0389 e. The summed E-state index contributed by atoms with van der Waals surface area (Å²) < 4.78 is 0. The van der Waals surface area contributed by atoms with Gasteiger partial charge in [0.05, 0.1) is 0 Å². The van der Waals surface area contributed by atoms with Gasteiger partial charge in [-0.25, -0.2) is 0 Å². The molecule has 3 rings (SSSR count). The summed E-state index contributed by atoms with van der Waals surface area (Å²) in [4.78, 5) is 0. The lowest BCUT2D eigenvalue weighted by Gasteiger charge is -2.27. The van der Waals surface area contributed by atoms with Gasteiger partial charge in [0.2, 0.25) is 0 Å². The second-order valence-electron chi connectivity index (χ2n) is 5.00. The molecule has 0 bridgehead atoms. The van der Waals surface area contributed by atoms with E-state index < -0.39 is 0 Å². The van der Waals surface area contributed by atoms with Crippen LogP contribution in [0.1, 0.15) is 25.0 Å². The molecule has 0 heteroatoms. The van der Waals surface area contributed by atoms with E-state index in [0.717, 1.165) is 0 Å². The Labute approximate surface area is 103 Å². The van der Waals surface area contributed by atoms with Crippen LogP contribution in [0.4, 0.5) is 0 Å². The molecular formula is C17H16. The van der Waals surface area contributed by atoms with Gasteiger partial charge in [-0.05, 0) is 36.1 Å². The van der Waals surface area contributed by atoms with Gasteiger partial charge < -0.3 is 0 Å². The molecule has 0 N–H and O–H groups in total. The molecule has 0 radical (unpaired) electrons. The Morgan fingerprint density at radius 1 is 0.882 bits per heavy atom. The Morgan fingerprint density at radius 3 is 1.71 bits per heavy atom. The Kier molecular flexibility index (Phi) is 2.03. The zero-order valence-corrected chi connectivity index (χ0v) is 10.3. The molecule has 2 aromatic rings. The molecule has 0 aromatic heterocycles.